The molecule has 1 aromatic carbocycles. The molecule has 0 amide bonds. The first-order valence-electron chi connectivity index (χ1n) is 6.74. The van der Waals surface area contributed by atoms with Crippen molar-refractivity contribution in [3.63, 3.8) is 0 Å². The number of Topliss-reactive ketones (excluding diaryl/α,β-unsaturated/α-hetero) is 1. The van der Waals surface area contributed by atoms with Gasteiger partial charge in [0.05, 0.1) is 25.5 Å². The predicted octanol–water partition coefficient (Wildman–Crippen LogP) is 1.87. The van der Waals surface area contributed by atoms with Crippen LogP contribution < -0.4 is 14.8 Å². The van der Waals surface area contributed by atoms with Crippen LogP contribution in [0.1, 0.15) is 20.8 Å². The van der Waals surface area contributed by atoms with Gasteiger partial charge in [0.2, 0.25) is 11.6 Å². The summed E-state index contributed by atoms with van der Waals surface area (Å²) in [5, 5.41) is 2.93. The van der Waals surface area contributed by atoms with Gasteiger partial charge in [-0.2, -0.15) is 0 Å². The van der Waals surface area contributed by atoms with E-state index in [2.05, 4.69) is 15.3 Å². The molecule has 0 unspecified atom stereocenters. The molecule has 0 radical (unpaired) electrons. The fourth-order valence-corrected chi connectivity index (χ4v) is 2.26. The summed E-state index contributed by atoms with van der Waals surface area (Å²) < 4.78 is 10.4. The van der Waals surface area contributed by atoms with Gasteiger partial charge in [0, 0.05) is 24.0 Å². The van der Waals surface area contributed by atoms with E-state index >= 15 is 0 Å². The van der Waals surface area contributed by atoms with Crippen molar-refractivity contribution >= 4 is 17.3 Å². The number of hydrogen-bond acceptors (Lipinski definition) is 7. The Morgan fingerprint density at radius 2 is 1.87 bits per heavy atom. The number of nitrogens with one attached hydrogen (secondary N) is 1. The van der Waals surface area contributed by atoms with Crippen molar-refractivity contribution in [3.05, 3.63) is 53.8 Å². The first-order valence-corrected chi connectivity index (χ1v) is 6.74. The third kappa shape index (κ3) is 2.64. The molecule has 0 atom stereocenters. The summed E-state index contributed by atoms with van der Waals surface area (Å²) in [6.07, 6.45) is 3.81. The third-order valence-corrected chi connectivity index (χ3v) is 3.37. The molecule has 7 nitrogen and oxygen atoms in total. The lowest BCUT2D eigenvalue weighted by atomic mass is 9.98. The molecule has 2 aromatic rings. The fourth-order valence-electron chi connectivity index (χ4n) is 2.26. The minimum atomic E-state index is -0.343. The highest BCUT2D eigenvalue weighted by molar-refractivity contribution is 6.24. The lowest BCUT2D eigenvalue weighted by Crippen LogP contribution is -2.22. The zero-order valence-electron chi connectivity index (χ0n) is 12.5. The quantitative estimate of drug-likeness (QED) is 0.921. The normalized spacial score (nSPS) is 13.2. The van der Waals surface area contributed by atoms with E-state index in [-0.39, 0.29) is 28.5 Å². The van der Waals surface area contributed by atoms with Gasteiger partial charge in [0.15, 0.2) is 11.5 Å². The molecule has 0 bridgehead atoms. The summed E-state index contributed by atoms with van der Waals surface area (Å²) in [7, 11) is 3.05. The molecule has 0 aliphatic heterocycles. The van der Waals surface area contributed by atoms with Crippen LogP contribution in [0.3, 0.4) is 0 Å². The van der Waals surface area contributed by atoms with Crippen molar-refractivity contribution in [3.8, 4) is 11.5 Å². The standard InChI is InChI=1S/C16H13N3O4/c1-22-13-4-3-9(5-14(13)23-2)19-11-6-12(20)15-10(16(11)21)7-17-8-18-15/h3-8,19H,1-2H3. The highest BCUT2D eigenvalue weighted by atomic mass is 16.5. The average Bonchev–Trinajstić information content (AvgIpc) is 2.59. The van der Waals surface area contributed by atoms with Gasteiger partial charge in [-0.3, -0.25) is 9.59 Å². The van der Waals surface area contributed by atoms with E-state index < -0.39 is 0 Å². The number of ether oxygens (including phenoxy) is 2. The van der Waals surface area contributed by atoms with Crippen LogP contribution in [0, 0.1) is 0 Å². The molecular weight excluding hydrogens is 298 g/mol. The molecule has 0 spiro atoms. The Morgan fingerprint density at radius 1 is 1.09 bits per heavy atom. The number of rotatable bonds is 4. The second-order valence-electron chi connectivity index (χ2n) is 4.73. The third-order valence-electron chi connectivity index (χ3n) is 3.37. The summed E-state index contributed by atoms with van der Waals surface area (Å²) in [6, 6.07) is 5.10. The zero-order chi connectivity index (χ0) is 16.4. The number of anilines is 1. The second-order valence-corrected chi connectivity index (χ2v) is 4.73. The highest BCUT2D eigenvalue weighted by Crippen LogP contribution is 2.31. The maximum atomic E-state index is 12.4. The van der Waals surface area contributed by atoms with Crippen molar-refractivity contribution in [1.29, 1.82) is 0 Å². The molecule has 3 rings (SSSR count). The maximum absolute atomic E-state index is 12.4. The predicted molar refractivity (Wildman–Crippen MR) is 81.9 cm³/mol. The minimum Gasteiger partial charge on any atom is -0.493 e. The Morgan fingerprint density at radius 3 is 2.61 bits per heavy atom. The molecule has 23 heavy (non-hydrogen) atoms. The number of hydrogen-bond donors (Lipinski definition) is 1. The van der Waals surface area contributed by atoms with E-state index in [0.717, 1.165) is 0 Å². The van der Waals surface area contributed by atoms with Gasteiger partial charge in [-0.15, -0.1) is 0 Å². The molecule has 0 fully saturated rings. The minimum absolute atomic E-state index is 0.114. The van der Waals surface area contributed by atoms with Crippen LogP contribution in [0.25, 0.3) is 0 Å². The van der Waals surface area contributed by atoms with E-state index in [1.54, 1.807) is 18.2 Å². The Hall–Kier alpha value is -3.22. The molecule has 1 aliphatic rings. The summed E-state index contributed by atoms with van der Waals surface area (Å²) >= 11 is 0. The number of ketones is 2. The van der Waals surface area contributed by atoms with Crippen LogP contribution in [-0.2, 0) is 0 Å². The number of carbonyl (C=O) groups is 2. The highest BCUT2D eigenvalue weighted by Gasteiger charge is 2.27. The van der Waals surface area contributed by atoms with Crippen molar-refractivity contribution < 1.29 is 19.1 Å². The molecular formula is C16H13N3O4. The topological polar surface area (TPSA) is 90.4 Å². The SMILES string of the molecule is COc1ccc(NC2=CC(=O)c3ncncc3C2=O)cc1OC. The zero-order valence-corrected chi connectivity index (χ0v) is 12.5. The van der Waals surface area contributed by atoms with E-state index in [4.69, 9.17) is 9.47 Å². The van der Waals surface area contributed by atoms with Crippen molar-refractivity contribution in [2.24, 2.45) is 0 Å². The molecule has 1 N–H and O–H groups in total. The van der Waals surface area contributed by atoms with Gasteiger partial charge in [-0.25, -0.2) is 9.97 Å². The van der Waals surface area contributed by atoms with Crippen molar-refractivity contribution in [1.82, 2.24) is 9.97 Å². The smallest absolute Gasteiger partial charge is 0.213 e. The van der Waals surface area contributed by atoms with Gasteiger partial charge in [-0.1, -0.05) is 0 Å². The van der Waals surface area contributed by atoms with Gasteiger partial charge in [-0.05, 0) is 12.1 Å². The Labute approximate surface area is 132 Å². The fraction of sp³-hybridized carbons (Fsp3) is 0.125. The van der Waals surface area contributed by atoms with Crippen LogP contribution in [0.5, 0.6) is 11.5 Å². The van der Waals surface area contributed by atoms with Crippen molar-refractivity contribution in [2.45, 2.75) is 0 Å². The average molecular weight is 311 g/mol. The van der Waals surface area contributed by atoms with E-state index in [0.29, 0.717) is 17.2 Å². The molecule has 1 aromatic heterocycles. The van der Waals surface area contributed by atoms with E-state index in [9.17, 15) is 9.59 Å². The largest absolute Gasteiger partial charge is 0.493 e. The van der Waals surface area contributed by atoms with Gasteiger partial charge in [0.25, 0.3) is 0 Å². The lowest BCUT2D eigenvalue weighted by molar-refractivity contribution is 0.0981. The summed E-state index contributed by atoms with van der Waals surface area (Å²) in [5.41, 5.74) is 1.05. The summed E-state index contributed by atoms with van der Waals surface area (Å²) in [5.74, 6) is 0.396. The van der Waals surface area contributed by atoms with E-state index in [1.807, 2.05) is 0 Å². The molecule has 1 aliphatic carbocycles. The Kier molecular flexibility index (Phi) is 3.76. The molecule has 1 heterocycles. The van der Waals surface area contributed by atoms with Gasteiger partial charge >= 0.3 is 0 Å². The Bertz CT molecular complexity index is 830. The summed E-state index contributed by atoms with van der Waals surface area (Å²) in [4.78, 5) is 32.1. The number of nitrogens with zero attached hydrogens (tertiary/aromatic N) is 2. The molecule has 116 valence electrons. The first-order chi connectivity index (χ1) is 11.1. The number of fused-ring (bicyclic) bond motifs is 1. The molecule has 0 saturated heterocycles. The first kappa shape index (κ1) is 14.7. The lowest BCUT2D eigenvalue weighted by Gasteiger charge is -2.16. The second kappa shape index (κ2) is 5.88. The number of methoxy groups -OCH3 is 2. The number of aromatic nitrogens is 2. The van der Waals surface area contributed by atoms with Crippen LogP contribution in [0.2, 0.25) is 0 Å². The van der Waals surface area contributed by atoms with Crippen LogP contribution in [0.4, 0.5) is 5.69 Å². The van der Waals surface area contributed by atoms with Gasteiger partial charge in [0.1, 0.15) is 12.0 Å². The number of carbonyl (C=O) groups excluding carboxylic acids is 2. The van der Waals surface area contributed by atoms with E-state index in [1.165, 1.54) is 32.8 Å². The van der Waals surface area contributed by atoms with Gasteiger partial charge < -0.3 is 14.8 Å². The van der Waals surface area contributed by atoms with Crippen LogP contribution >= 0.6 is 0 Å². The number of allylic oxidation sites excluding steroid dienone is 2. The maximum Gasteiger partial charge on any atom is 0.213 e. The summed E-state index contributed by atoms with van der Waals surface area (Å²) in [6.45, 7) is 0. The van der Waals surface area contributed by atoms with Crippen LogP contribution in [-0.4, -0.2) is 35.8 Å². The Balaban J connectivity index is 1.92. The molecule has 7 heteroatoms. The molecule has 0 saturated carbocycles. The van der Waals surface area contributed by atoms with Crippen molar-refractivity contribution in [2.75, 3.05) is 19.5 Å². The van der Waals surface area contributed by atoms with Crippen LogP contribution in [0.15, 0.2) is 42.5 Å². The monoisotopic (exact) mass is 311 g/mol. The number of benzene rings is 1.